The summed E-state index contributed by atoms with van der Waals surface area (Å²) in [4.78, 5) is 0. The largest absolute Gasteiger partial charge is 0.506 e. The monoisotopic (exact) mass is 177 g/mol. The Morgan fingerprint density at radius 2 is 2.17 bits per heavy atom. The average molecular weight is 178 g/mol. The molecule has 0 saturated heterocycles. The molecule has 2 aromatic rings. The molecular weight excluding hydrogens is 172 g/mol. The Labute approximate surface area is 75.2 Å². The van der Waals surface area contributed by atoms with Crippen molar-refractivity contribution in [2.24, 2.45) is 0 Å². The molecule has 2 rings (SSSR count). The average Bonchev–Trinajstić information content (AvgIpc) is 2.07. The highest BCUT2D eigenvalue weighted by molar-refractivity contribution is 6.32. The highest BCUT2D eigenvalue weighted by atomic mass is 35.5. The molecular formula is C10H6ClO. The number of aromatic hydroxyl groups is 1. The van der Waals surface area contributed by atoms with Gasteiger partial charge in [0.2, 0.25) is 0 Å². The van der Waals surface area contributed by atoms with E-state index in [9.17, 15) is 5.11 Å². The smallest absolute Gasteiger partial charge is 0.134 e. The molecule has 0 spiro atoms. The van der Waals surface area contributed by atoms with E-state index in [2.05, 4.69) is 6.07 Å². The third kappa shape index (κ3) is 1.12. The molecule has 0 amide bonds. The predicted octanol–water partition coefficient (Wildman–Crippen LogP) is 3.00. The van der Waals surface area contributed by atoms with Crippen LogP contribution in [0.5, 0.6) is 5.75 Å². The van der Waals surface area contributed by atoms with E-state index in [1.54, 1.807) is 18.2 Å². The number of benzene rings is 2. The first-order valence-corrected chi connectivity index (χ1v) is 3.94. The molecule has 1 N–H and O–H groups in total. The third-order valence-electron chi connectivity index (χ3n) is 1.73. The van der Waals surface area contributed by atoms with E-state index in [0.29, 0.717) is 5.02 Å². The van der Waals surface area contributed by atoms with E-state index in [1.807, 2.05) is 12.1 Å². The van der Waals surface area contributed by atoms with Gasteiger partial charge in [0.15, 0.2) is 0 Å². The number of phenolic OH excluding ortho intramolecular Hbond substituents is 1. The minimum absolute atomic E-state index is 0.103. The second kappa shape index (κ2) is 2.68. The Kier molecular flexibility index (Phi) is 1.66. The van der Waals surface area contributed by atoms with Crippen molar-refractivity contribution in [3.8, 4) is 5.75 Å². The zero-order valence-electron chi connectivity index (χ0n) is 6.21. The summed E-state index contributed by atoms with van der Waals surface area (Å²) in [6.45, 7) is 0. The Morgan fingerprint density at radius 1 is 1.33 bits per heavy atom. The number of halogens is 1. The summed E-state index contributed by atoms with van der Waals surface area (Å²) in [5, 5.41) is 11.5. The van der Waals surface area contributed by atoms with Crippen LogP contribution >= 0.6 is 11.6 Å². The SMILES string of the molecule is Oc1cc2[c]cccc2cc1Cl. The second-order valence-corrected chi connectivity index (χ2v) is 2.97. The summed E-state index contributed by atoms with van der Waals surface area (Å²) in [6, 6.07) is 11.9. The van der Waals surface area contributed by atoms with Crippen molar-refractivity contribution in [2.45, 2.75) is 0 Å². The highest BCUT2D eigenvalue weighted by Gasteiger charge is 1.99. The first kappa shape index (κ1) is 7.44. The van der Waals surface area contributed by atoms with Gasteiger partial charge < -0.3 is 5.11 Å². The zero-order chi connectivity index (χ0) is 8.55. The number of hydrogen-bond donors (Lipinski definition) is 1. The molecule has 2 aromatic carbocycles. The number of fused-ring (bicyclic) bond motifs is 1. The van der Waals surface area contributed by atoms with E-state index in [0.717, 1.165) is 10.8 Å². The van der Waals surface area contributed by atoms with Gasteiger partial charge in [-0.05, 0) is 29.0 Å². The van der Waals surface area contributed by atoms with Gasteiger partial charge in [-0.25, -0.2) is 0 Å². The molecule has 2 heteroatoms. The van der Waals surface area contributed by atoms with Crippen molar-refractivity contribution in [1.29, 1.82) is 0 Å². The molecule has 0 aliphatic rings. The maximum absolute atomic E-state index is 9.27. The Balaban J connectivity index is 2.84. The van der Waals surface area contributed by atoms with Crippen molar-refractivity contribution in [1.82, 2.24) is 0 Å². The molecule has 1 nitrogen and oxygen atoms in total. The standard InChI is InChI=1S/C10H6ClO/c11-9-5-7-3-1-2-4-8(7)6-10(9)12/h1-3,5-6,12H. The predicted molar refractivity (Wildman–Crippen MR) is 49.5 cm³/mol. The van der Waals surface area contributed by atoms with Crippen LogP contribution in [0, 0.1) is 6.07 Å². The van der Waals surface area contributed by atoms with E-state index in [-0.39, 0.29) is 5.75 Å². The molecule has 0 fully saturated rings. The van der Waals surface area contributed by atoms with Crippen LogP contribution in [0.1, 0.15) is 0 Å². The summed E-state index contributed by atoms with van der Waals surface area (Å²) < 4.78 is 0. The first-order valence-electron chi connectivity index (χ1n) is 3.56. The molecule has 0 bridgehead atoms. The maximum Gasteiger partial charge on any atom is 0.134 e. The van der Waals surface area contributed by atoms with E-state index in [4.69, 9.17) is 11.6 Å². The summed E-state index contributed by atoms with van der Waals surface area (Å²) in [6.07, 6.45) is 0. The summed E-state index contributed by atoms with van der Waals surface area (Å²) >= 11 is 5.72. The van der Waals surface area contributed by atoms with Gasteiger partial charge in [0.05, 0.1) is 5.02 Å². The number of rotatable bonds is 0. The zero-order valence-corrected chi connectivity index (χ0v) is 6.97. The lowest BCUT2D eigenvalue weighted by Gasteiger charge is -1.99. The first-order chi connectivity index (χ1) is 5.77. The lowest BCUT2D eigenvalue weighted by Crippen LogP contribution is -1.73. The molecule has 0 atom stereocenters. The minimum Gasteiger partial charge on any atom is -0.506 e. The lowest BCUT2D eigenvalue weighted by atomic mass is 10.1. The summed E-state index contributed by atoms with van der Waals surface area (Å²) in [5.41, 5.74) is 0. The molecule has 0 aliphatic heterocycles. The highest BCUT2D eigenvalue weighted by Crippen LogP contribution is 2.28. The van der Waals surface area contributed by atoms with Crippen LogP contribution in [0.15, 0.2) is 30.3 Å². The summed E-state index contributed by atoms with van der Waals surface area (Å²) in [7, 11) is 0. The molecule has 1 radical (unpaired) electrons. The van der Waals surface area contributed by atoms with Crippen LogP contribution < -0.4 is 0 Å². The fourth-order valence-corrected chi connectivity index (χ4v) is 1.30. The van der Waals surface area contributed by atoms with Crippen molar-refractivity contribution in [3.63, 3.8) is 0 Å². The second-order valence-electron chi connectivity index (χ2n) is 2.56. The van der Waals surface area contributed by atoms with Crippen molar-refractivity contribution < 1.29 is 5.11 Å². The molecule has 0 unspecified atom stereocenters. The summed E-state index contributed by atoms with van der Waals surface area (Å²) in [5.74, 6) is 0.103. The molecule has 59 valence electrons. The maximum atomic E-state index is 9.27. The van der Waals surface area contributed by atoms with Crippen molar-refractivity contribution in [3.05, 3.63) is 41.4 Å². The van der Waals surface area contributed by atoms with Gasteiger partial charge in [0, 0.05) is 0 Å². The third-order valence-corrected chi connectivity index (χ3v) is 2.03. The van der Waals surface area contributed by atoms with Crippen LogP contribution in [-0.4, -0.2) is 5.11 Å². The van der Waals surface area contributed by atoms with Gasteiger partial charge in [0.1, 0.15) is 5.75 Å². The molecule has 0 saturated carbocycles. The Hall–Kier alpha value is -1.21. The number of phenols is 1. The quantitative estimate of drug-likeness (QED) is 0.656. The Bertz CT molecular complexity index is 383. The van der Waals surface area contributed by atoms with Crippen LogP contribution in [0.2, 0.25) is 5.02 Å². The van der Waals surface area contributed by atoms with Crippen LogP contribution in [0.25, 0.3) is 10.8 Å². The normalized spacial score (nSPS) is 10.4. The number of hydrogen-bond acceptors (Lipinski definition) is 1. The molecule has 0 aliphatic carbocycles. The van der Waals surface area contributed by atoms with E-state index < -0.39 is 0 Å². The van der Waals surface area contributed by atoms with Gasteiger partial charge in [-0.2, -0.15) is 0 Å². The van der Waals surface area contributed by atoms with Crippen LogP contribution in [0.4, 0.5) is 0 Å². The van der Waals surface area contributed by atoms with Gasteiger partial charge >= 0.3 is 0 Å². The Morgan fingerprint density at radius 3 is 3.00 bits per heavy atom. The molecule has 0 aromatic heterocycles. The van der Waals surface area contributed by atoms with Crippen molar-refractivity contribution >= 4 is 22.4 Å². The van der Waals surface area contributed by atoms with Gasteiger partial charge in [-0.1, -0.05) is 29.8 Å². The fraction of sp³-hybridized carbons (Fsp3) is 0. The minimum atomic E-state index is 0.103. The van der Waals surface area contributed by atoms with Gasteiger partial charge in [0.25, 0.3) is 0 Å². The van der Waals surface area contributed by atoms with E-state index in [1.165, 1.54) is 0 Å². The lowest BCUT2D eigenvalue weighted by molar-refractivity contribution is 0.476. The van der Waals surface area contributed by atoms with Crippen LogP contribution in [0.3, 0.4) is 0 Å². The molecule has 0 heterocycles. The van der Waals surface area contributed by atoms with Crippen LogP contribution in [-0.2, 0) is 0 Å². The van der Waals surface area contributed by atoms with Gasteiger partial charge in [-0.15, -0.1) is 0 Å². The van der Waals surface area contributed by atoms with E-state index >= 15 is 0 Å². The van der Waals surface area contributed by atoms with Gasteiger partial charge in [-0.3, -0.25) is 0 Å². The topological polar surface area (TPSA) is 20.2 Å². The fourth-order valence-electron chi connectivity index (χ4n) is 1.13. The van der Waals surface area contributed by atoms with Crippen molar-refractivity contribution in [2.75, 3.05) is 0 Å². The molecule has 12 heavy (non-hydrogen) atoms.